The minimum absolute atomic E-state index is 0.0287. The van der Waals surface area contributed by atoms with Crippen LogP contribution in [0.15, 0.2) is 35.3 Å². The number of carbonyl (C=O) groups excluding carboxylic acids is 1. The lowest BCUT2D eigenvalue weighted by Gasteiger charge is -2.24. The van der Waals surface area contributed by atoms with Crippen molar-refractivity contribution in [1.29, 1.82) is 0 Å². The second-order valence-electron chi connectivity index (χ2n) is 10.3. The zero-order valence-electron chi connectivity index (χ0n) is 22.4. The molecule has 1 fully saturated rings. The topological polar surface area (TPSA) is 108 Å². The average molecular weight is 511 g/mol. The van der Waals surface area contributed by atoms with Gasteiger partial charge in [-0.15, -0.1) is 0 Å². The number of aromatic nitrogens is 3. The summed E-state index contributed by atoms with van der Waals surface area (Å²) in [6.45, 7) is 8.76. The Morgan fingerprint density at radius 1 is 1.27 bits per heavy atom. The first-order chi connectivity index (χ1) is 17.6. The van der Waals surface area contributed by atoms with Crippen LogP contribution in [0.3, 0.4) is 0 Å². The Kier molecular flexibility index (Phi) is 8.46. The maximum Gasteiger partial charge on any atom is 0.326 e. The third-order valence-electron chi connectivity index (χ3n) is 6.71. The number of aryl methyl sites for hydroxylation is 2. The van der Waals surface area contributed by atoms with Crippen LogP contribution in [0.5, 0.6) is 0 Å². The van der Waals surface area contributed by atoms with E-state index in [2.05, 4.69) is 9.88 Å². The van der Waals surface area contributed by atoms with Gasteiger partial charge in [-0.25, -0.2) is 4.98 Å². The summed E-state index contributed by atoms with van der Waals surface area (Å²) in [6.07, 6.45) is 4.01. The number of fused-ring (bicyclic) bond motifs is 1. The van der Waals surface area contributed by atoms with Crippen molar-refractivity contribution >= 4 is 17.0 Å². The molecule has 9 heteroatoms. The second-order valence-corrected chi connectivity index (χ2v) is 10.3. The number of benzene rings is 1. The lowest BCUT2D eigenvalue weighted by atomic mass is 10.1. The van der Waals surface area contributed by atoms with Crippen LogP contribution in [0.1, 0.15) is 51.2 Å². The van der Waals surface area contributed by atoms with Gasteiger partial charge in [-0.3, -0.25) is 14.9 Å². The number of nitrogens with zero attached hydrogens (tertiary/aromatic N) is 3. The number of carbonyl (C=O) groups is 1. The summed E-state index contributed by atoms with van der Waals surface area (Å²) in [7, 11) is 1.75. The van der Waals surface area contributed by atoms with Crippen LogP contribution in [0, 0.1) is 6.92 Å². The van der Waals surface area contributed by atoms with Crippen molar-refractivity contribution in [1.82, 2.24) is 19.4 Å². The van der Waals surface area contributed by atoms with E-state index in [1.165, 1.54) is 0 Å². The summed E-state index contributed by atoms with van der Waals surface area (Å²) in [5, 5.41) is 13.2. The number of ether oxygens (including phenoxy) is 2. The molecule has 1 saturated heterocycles. The van der Waals surface area contributed by atoms with E-state index in [1.54, 1.807) is 32.4 Å². The Labute approximate surface area is 217 Å². The monoisotopic (exact) mass is 510 g/mol. The standard InChI is InChI=1S/C28H38N4O5/c1-17(2)37-28(35)25(19(4)33)29-14-20-9-10-24-23(13-20)30-26(21-12-18(3)27(34)31(5)15-21)32(24)16-22-8-6-7-11-36-22/h9-10,12-13,15,17,19,22,25,29,33H,6-8,11,14,16H2,1-5H3/t19-,22+,25+/m1/s1. The predicted molar refractivity (Wildman–Crippen MR) is 142 cm³/mol. The molecular formula is C28H38N4O5. The summed E-state index contributed by atoms with van der Waals surface area (Å²) in [5.41, 5.74) is 4.23. The van der Waals surface area contributed by atoms with E-state index in [-0.39, 0.29) is 17.8 Å². The van der Waals surface area contributed by atoms with Gasteiger partial charge in [-0.05, 0) is 70.7 Å². The number of rotatable bonds is 9. The highest BCUT2D eigenvalue weighted by molar-refractivity contribution is 5.81. The quantitative estimate of drug-likeness (QED) is 0.426. The molecule has 0 radical (unpaired) electrons. The van der Waals surface area contributed by atoms with Crippen molar-refractivity contribution in [2.24, 2.45) is 7.05 Å². The van der Waals surface area contributed by atoms with Crippen molar-refractivity contribution in [3.63, 3.8) is 0 Å². The van der Waals surface area contributed by atoms with E-state index in [0.29, 0.717) is 18.7 Å². The van der Waals surface area contributed by atoms with E-state index >= 15 is 0 Å². The fourth-order valence-electron chi connectivity index (χ4n) is 4.83. The van der Waals surface area contributed by atoms with Gasteiger partial charge in [-0.2, -0.15) is 0 Å². The molecule has 3 aromatic rings. The molecule has 0 spiro atoms. The van der Waals surface area contributed by atoms with Gasteiger partial charge in [0.05, 0.1) is 35.9 Å². The first-order valence-corrected chi connectivity index (χ1v) is 13.0. The first-order valence-electron chi connectivity index (χ1n) is 13.0. The molecule has 37 heavy (non-hydrogen) atoms. The first kappa shape index (κ1) is 27.0. The Morgan fingerprint density at radius 2 is 2.05 bits per heavy atom. The van der Waals surface area contributed by atoms with E-state index in [0.717, 1.165) is 53.9 Å². The summed E-state index contributed by atoms with van der Waals surface area (Å²) >= 11 is 0. The molecule has 0 saturated carbocycles. The van der Waals surface area contributed by atoms with Crippen LogP contribution in [-0.4, -0.2) is 56.2 Å². The summed E-state index contributed by atoms with van der Waals surface area (Å²) in [4.78, 5) is 29.7. The predicted octanol–water partition coefficient (Wildman–Crippen LogP) is 3.07. The zero-order valence-corrected chi connectivity index (χ0v) is 22.4. The lowest BCUT2D eigenvalue weighted by Crippen LogP contribution is -2.46. The minimum atomic E-state index is -0.899. The number of aliphatic hydroxyl groups excluding tert-OH is 1. The molecule has 1 aliphatic rings. The van der Waals surface area contributed by atoms with E-state index in [4.69, 9.17) is 14.5 Å². The number of nitrogens with one attached hydrogen (secondary N) is 1. The molecule has 1 aliphatic heterocycles. The van der Waals surface area contributed by atoms with E-state index in [9.17, 15) is 14.7 Å². The highest BCUT2D eigenvalue weighted by atomic mass is 16.5. The maximum atomic E-state index is 12.4. The molecule has 4 rings (SSSR count). The van der Waals surface area contributed by atoms with Crippen molar-refractivity contribution in [3.8, 4) is 11.4 Å². The van der Waals surface area contributed by atoms with Gasteiger partial charge in [0.15, 0.2) is 0 Å². The largest absolute Gasteiger partial charge is 0.462 e. The molecule has 0 bridgehead atoms. The van der Waals surface area contributed by atoms with Gasteiger partial charge < -0.3 is 23.7 Å². The third kappa shape index (κ3) is 6.29. The average Bonchev–Trinajstić information content (AvgIpc) is 3.19. The van der Waals surface area contributed by atoms with Gasteiger partial charge in [0.1, 0.15) is 11.9 Å². The Morgan fingerprint density at radius 3 is 2.70 bits per heavy atom. The number of pyridine rings is 1. The molecule has 0 aliphatic carbocycles. The normalized spacial score (nSPS) is 17.8. The number of hydrogen-bond donors (Lipinski definition) is 2. The fraction of sp³-hybridized carbons (Fsp3) is 0.536. The third-order valence-corrected chi connectivity index (χ3v) is 6.71. The van der Waals surface area contributed by atoms with Gasteiger partial charge >= 0.3 is 5.97 Å². The molecule has 9 nitrogen and oxygen atoms in total. The molecule has 0 amide bonds. The minimum Gasteiger partial charge on any atom is -0.462 e. The summed E-state index contributed by atoms with van der Waals surface area (Å²) in [5.74, 6) is 0.311. The number of imidazole rings is 1. The lowest BCUT2D eigenvalue weighted by molar-refractivity contribution is -0.152. The molecule has 2 aromatic heterocycles. The van der Waals surface area contributed by atoms with Crippen LogP contribution in [-0.2, 0) is 34.4 Å². The highest BCUT2D eigenvalue weighted by Gasteiger charge is 2.26. The SMILES string of the molecule is Cc1cc(-c2nc3cc(CN[C@H](C(=O)OC(C)C)[C@@H](C)O)ccc3n2C[C@@H]2CCCCO2)cn(C)c1=O. The van der Waals surface area contributed by atoms with Crippen LogP contribution in [0.4, 0.5) is 0 Å². The van der Waals surface area contributed by atoms with Crippen LogP contribution >= 0.6 is 0 Å². The number of aliphatic hydroxyl groups is 1. The fourth-order valence-corrected chi connectivity index (χ4v) is 4.83. The van der Waals surface area contributed by atoms with Crippen LogP contribution in [0.25, 0.3) is 22.4 Å². The zero-order chi connectivity index (χ0) is 26.7. The Bertz CT molecular complexity index is 1280. The smallest absolute Gasteiger partial charge is 0.326 e. The van der Waals surface area contributed by atoms with Crippen LogP contribution < -0.4 is 10.9 Å². The molecule has 3 heterocycles. The van der Waals surface area contributed by atoms with Gasteiger partial charge in [0.2, 0.25) is 0 Å². The molecule has 200 valence electrons. The molecular weight excluding hydrogens is 472 g/mol. The van der Waals surface area contributed by atoms with Crippen LogP contribution in [0.2, 0.25) is 0 Å². The van der Waals surface area contributed by atoms with Gasteiger partial charge in [0.25, 0.3) is 5.56 Å². The molecule has 2 N–H and O–H groups in total. The van der Waals surface area contributed by atoms with Crippen molar-refractivity contribution in [3.05, 3.63) is 51.9 Å². The summed E-state index contributed by atoms with van der Waals surface area (Å²) in [6, 6.07) is 7.08. The number of hydrogen-bond acceptors (Lipinski definition) is 7. The maximum absolute atomic E-state index is 12.4. The summed E-state index contributed by atoms with van der Waals surface area (Å²) < 4.78 is 15.1. The second kappa shape index (κ2) is 11.6. The van der Waals surface area contributed by atoms with Crippen molar-refractivity contribution in [2.45, 2.75) is 84.4 Å². The van der Waals surface area contributed by atoms with E-state index in [1.807, 2.05) is 37.4 Å². The molecule has 1 aromatic carbocycles. The van der Waals surface area contributed by atoms with Gasteiger partial charge in [-0.1, -0.05) is 6.07 Å². The van der Waals surface area contributed by atoms with Gasteiger partial charge in [0, 0.05) is 37.5 Å². The Hall–Kier alpha value is -3.01. The van der Waals surface area contributed by atoms with Crippen molar-refractivity contribution < 1.29 is 19.4 Å². The van der Waals surface area contributed by atoms with E-state index < -0.39 is 18.1 Å². The number of esters is 1. The highest BCUT2D eigenvalue weighted by Crippen LogP contribution is 2.28. The molecule has 3 atom stereocenters. The van der Waals surface area contributed by atoms with Crippen molar-refractivity contribution in [2.75, 3.05) is 6.61 Å². The molecule has 0 unspecified atom stereocenters. The Balaban J connectivity index is 1.67.